The zero-order valence-corrected chi connectivity index (χ0v) is 13.0. The maximum atomic E-state index is 5.75. The SMILES string of the molecule is CCC(CC)C(NN)c1cc(OC)c(OC)c(OC)c1. The van der Waals surface area contributed by atoms with Crippen LogP contribution >= 0.6 is 0 Å². The van der Waals surface area contributed by atoms with Crippen LogP contribution < -0.4 is 25.5 Å². The number of ether oxygens (including phenoxy) is 3. The Morgan fingerprint density at radius 1 is 1.00 bits per heavy atom. The Morgan fingerprint density at radius 2 is 1.50 bits per heavy atom. The van der Waals surface area contributed by atoms with Crippen molar-refractivity contribution in [3.05, 3.63) is 17.7 Å². The van der Waals surface area contributed by atoms with Crippen LogP contribution in [0.15, 0.2) is 12.1 Å². The van der Waals surface area contributed by atoms with Crippen LogP contribution in [0.1, 0.15) is 38.3 Å². The van der Waals surface area contributed by atoms with Crippen LogP contribution in [0.4, 0.5) is 0 Å². The normalized spacial score (nSPS) is 12.3. The highest BCUT2D eigenvalue weighted by molar-refractivity contribution is 5.54. The van der Waals surface area contributed by atoms with Gasteiger partial charge in [0.1, 0.15) is 0 Å². The second-order valence-corrected chi connectivity index (χ2v) is 4.68. The minimum Gasteiger partial charge on any atom is -0.493 e. The van der Waals surface area contributed by atoms with Gasteiger partial charge in [-0.25, -0.2) is 0 Å². The first-order chi connectivity index (χ1) is 9.66. The van der Waals surface area contributed by atoms with E-state index in [0.29, 0.717) is 23.2 Å². The van der Waals surface area contributed by atoms with E-state index in [-0.39, 0.29) is 6.04 Å². The molecule has 1 rings (SSSR count). The molecule has 0 aromatic heterocycles. The van der Waals surface area contributed by atoms with Crippen LogP contribution in [-0.2, 0) is 0 Å². The molecule has 1 aromatic rings. The van der Waals surface area contributed by atoms with Gasteiger partial charge in [-0.1, -0.05) is 26.7 Å². The third-order valence-electron chi connectivity index (χ3n) is 3.75. The fraction of sp³-hybridized carbons (Fsp3) is 0.600. The molecular formula is C15H26N2O3. The van der Waals surface area contributed by atoms with Crippen LogP contribution in [0.5, 0.6) is 17.2 Å². The van der Waals surface area contributed by atoms with E-state index in [9.17, 15) is 0 Å². The molecule has 0 amide bonds. The minimum atomic E-state index is 0.0544. The summed E-state index contributed by atoms with van der Waals surface area (Å²) < 4.78 is 16.1. The second kappa shape index (κ2) is 7.97. The van der Waals surface area contributed by atoms with Gasteiger partial charge in [0.2, 0.25) is 5.75 Å². The Kier molecular flexibility index (Phi) is 6.61. The summed E-state index contributed by atoms with van der Waals surface area (Å²) >= 11 is 0. The lowest BCUT2D eigenvalue weighted by molar-refractivity contribution is 0.316. The molecule has 0 spiro atoms. The molecule has 0 aliphatic heterocycles. The largest absolute Gasteiger partial charge is 0.493 e. The summed E-state index contributed by atoms with van der Waals surface area (Å²) in [5.41, 5.74) is 3.95. The molecule has 0 bridgehead atoms. The Hall–Kier alpha value is -1.46. The lowest BCUT2D eigenvalue weighted by Gasteiger charge is -2.26. The molecule has 0 fully saturated rings. The lowest BCUT2D eigenvalue weighted by atomic mass is 9.89. The molecule has 1 atom stereocenters. The quantitative estimate of drug-likeness (QED) is 0.567. The van der Waals surface area contributed by atoms with E-state index in [1.165, 1.54) is 0 Å². The third-order valence-corrected chi connectivity index (χ3v) is 3.75. The van der Waals surface area contributed by atoms with Gasteiger partial charge >= 0.3 is 0 Å². The van der Waals surface area contributed by atoms with Crippen LogP contribution in [0, 0.1) is 5.92 Å². The number of hydrazine groups is 1. The molecule has 0 radical (unpaired) electrons. The number of hydrogen-bond acceptors (Lipinski definition) is 5. The Labute approximate surface area is 121 Å². The van der Waals surface area contributed by atoms with E-state index in [1.807, 2.05) is 12.1 Å². The maximum Gasteiger partial charge on any atom is 0.203 e. The zero-order valence-electron chi connectivity index (χ0n) is 13.0. The summed E-state index contributed by atoms with van der Waals surface area (Å²) in [5.74, 6) is 8.08. The van der Waals surface area contributed by atoms with Gasteiger partial charge in [0.15, 0.2) is 11.5 Å². The van der Waals surface area contributed by atoms with Crippen molar-refractivity contribution in [3.63, 3.8) is 0 Å². The first kappa shape index (κ1) is 16.6. The number of nitrogens with two attached hydrogens (primary N) is 1. The first-order valence-corrected chi connectivity index (χ1v) is 6.92. The smallest absolute Gasteiger partial charge is 0.203 e. The van der Waals surface area contributed by atoms with Gasteiger partial charge in [0.05, 0.1) is 21.3 Å². The molecule has 0 saturated heterocycles. The van der Waals surface area contributed by atoms with Crippen molar-refractivity contribution in [1.29, 1.82) is 0 Å². The van der Waals surface area contributed by atoms with Crippen LogP contribution in [-0.4, -0.2) is 21.3 Å². The predicted octanol–water partition coefficient (Wildman–Crippen LogP) is 2.65. The van der Waals surface area contributed by atoms with E-state index in [1.54, 1.807) is 21.3 Å². The van der Waals surface area contributed by atoms with Gasteiger partial charge < -0.3 is 14.2 Å². The summed E-state index contributed by atoms with van der Waals surface area (Å²) in [5, 5.41) is 0. The number of nitrogens with one attached hydrogen (secondary N) is 1. The van der Waals surface area contributed by atoms with E-state index in [4.69, 9.17) is 20.1 Å². The maximum absolute atomic E-state index is 5.75. The molecule has 114 valence electrons. The molecule has 20 heavy (non-hydrogen) atoms. The number of rotatable bonds is 8. The highest BCUT2D eigenvalue weighted by Crippen LogP contribution is 2.41. The molecule has 5 heteroatoms. The van der Waals surface area contributed by atoms with E-state index in [0.717, 1.165) is 18.4 Å². The van der Waals surface area contributed by atoms with Crippen LogP contribution in [0.25, 0.3) is 0 Å². The Morgan fingerprint density at radius 3 is 1.80 bits per heavy atom. The van der Waals surface area contributed by atoms with Gasteiger partial charge in [-0.15, -0.1) is 0 Å². The summed E-state index contributed by atoms with van der Waals surface area (Å²) in [6.07, 6.45) is 2.09. The molecule has 1 unspecified atom stereocenters. The van der Waals surface area contributed by atoms with Crippen LogP contribution in [0.2, 0.25) is 0 Å². The van der Waals surface area contributed by atoms with Gasteiger partial charge in [-0.3, -0.25) is 11.3 Å². The number of methoxy groups -OCH3 is 3. The molecule has 1 aromatic carbocycles. The Balaban J connectivity index is 3.29. The molecule has 0 saturated carbocycles. The van der Waals surface area contributed by atoms with E-state index < -0.39 is 0 Å². The van der Waals surface area contributed by atoms with Crippen molar-refractivity contribution >= 4 is 0 Å². The van der Waals surface area contributed by atoms with Gasteiger partial charge in [0.25, 0.3) is 0 Å². The van der Waals surface area contributed by atoms with Crippen molar-refractivity contribution in [1.82, 2.24) is 5.43 Å². The van der Waals surface area contributed by atoms with Gasteiger partial charge in [-0.05, 0) is 23.6 Å². The van der Waals surface area contributed by atoms with Crippen molar-refractivity contribution < 1.29 is 14.2 Å². The minimum absolute atomic E-state index is 0.0544. The number of hydrogen-bond donors (Lipinski definition) is 2. The summed E-state index contributed by atoms with van der Waals surface area (Å²) in [4.78, 5) is 0. The monoisotopic (exact) mass is 282 g/mol. The molecule has 5 nitrogen and oxygen atoms in total. The average Bonchev–Trinajstić information content (AvgIpc) is 2.50. The lowest BCUT2D eigenvalue weighted by Crippen LogP contribution is -2.33. The zero-order chi connectivity index (χ0) is 15.1. The fourth-order valence-corrected chi connectivity index (χ4v) is 2.55. The van der Waals surface area contributed by atoms with Crippen molar-refractivity contribution in [3.8, 4) is 17.2 Å². The molecule has 0 aliphatic carbocycles. The highest BCUT2D eigenvalue weighted by Gasteiger charge is 2.23. The predicted molar refractivity (Wildman–Crippen MR) is 80.2 cm³/mol. The third kappa shape index (κ3) is 3.35. The molecule has 0 heterocycles. The van der Waals surface area contributed by atoms with Crippen molar-refractivity contribution in [2.45, 2.75) is 32.7 Å². The Bertz CT molecular complexity index is 395. The molecular weight excluding hydrogens is 256 g/mol. The molecule has 0 aliphatic rings. The van der Waals surface area contributed by atoms with Gasteiger partial charge in [0, 0.05) is 6.04 Å². The van der Waals surface area contributed by atoms with Crippen molar-refractivity contribution in [2.24, 2.45) is 11.8 Å². The number of benzene rings is 1. The average molecular weight is 282 g/mol. The first-order valence-electron chi connectivity index (χ1n) is 6.92. The van der Waals surface area contributed by atoms with E-state index >= 15 is 0 Å². The van der Waals surface area contributed by atoms with Crippen molar-refractivity contribution in [2.75, 3.05) is 21.3 Å². The van der Waals surface area contributed by atoms with Crippen LogP contribution in [0.3, 0.4) is 0 Å². The second-order valence-electron chi connectivity index (χ2n) is 4.68. The fourth-order valence-electron chi connectivity index (χ4n) is 2.55. The van der Waals surface area contributed by atoms with Gasteiger partial charge in [-0.2, -0.15) is 0 Å². The summed E-state index contributed by atoms with van der Waals surface area (Å²) in [6.45, 7) is 4.33. The standard InChI is InChI=1S/C15H26N2O3/c1-6-10(7-2)14(17-16)11-8-12(18-3)15(20-5)13(9-11)19-4/h8-10,14,17H,6-7,16H2,1-5H3. The topological polar surface area (TPSA) is 65.7 Å². The summed E-state index contributed by atoms with van der Waals surface area (Å²) in [6, 6.07) is 3.95. The molecule has 3 N–H and O–H groups in total. The highest BCUT2D eigenvalue weighted by atomic mass is 16.5. The van der Waals surface area contributed by atoms with E-state index in [2.05, 4.69) is 19.3 Å². The summed E-state index contributed by atoms with van der Waals surface area (Å²) in [7, 11) is 4.83.